The molecule has 0 bridgehead atoms. The van der Waals surface area contributed by atoms with Crippen LogP contribution in [0.4, 0.5) is 0 Å². The summed E-state index contributed by atoms with van der Waals surface area (Å²) in [7, 11) is 1.69. The molecule has 0 rings (SSSR count). The van der Waals surface area contributed by atoms with Crippen LogP contribution < -0.4 is 0 Å². The summed E-state index contributed by atoms with van der Waals surface area (Å²) in [4.78, 5) is 25.3. The number of esters is 1. The minimum Gasteiger partial charge on any atom is -0.464 e. The standard InChI is InChI=1S/C24H47NO3/c1-4-6-8-9-10-11-12-13-14-15-16-17-18-20-23(26)25(3)22-24(27)28-21-19-7-5-2/h4-22H2,1-3H3. The maximum atomic E-state index is 12.1. The van der Waals surface area contributed by atoms with Crippen LogP contribution in [0.2, 0.25) is 0 Å². The number of hydrogen-bond donors (Lipinski definition) is 0. The first kappa shape index (κ1) is 26.9. The van der Waals surface area contributed by atoms with E-state index in [0.29, 0.717) is 13.0 Å². The predicted octanol–water partition coefficient (Wildman–Crippen LogP) is 6.66. The molecule has 166 valence electrons. The van der Waals surface area contributed by atoms with Gasteiger partial charge in [-0.2, -0.15) is 0 Å². The molecule has 0 spiro atoms. The van der Waals surface area contributed by atoms with E-state index in [2.05, 4.69) is 13.8 Å². The summed E-state index contributed by atoms with van der Waals surface area (Å²) in [5.74, 6) is -0.245. The highest BCUT2D eigenvalue weighted by Gasteiger charge is 2.13. The molecular weight excluding hydrogens is 350 g/mol. The molecule has 4 nitrogen and oxygen atoms in total. The first-order valence-electron chi connectivity index (χ1n) is 12.0. The summed E-state index contributed by atoms with van der Waals surface area (Å²) in [5.41, 5.74) is 0. The summed E-state index contributed by atoms with van der Waals surface area (Å²) in [5, 5.41) is 0. The summed E-state index contributed by atoms with van der Waals surface area (Å²) in [6.45, 7) is 4.92. The lowest BCUT2D eigenvalue weighted by atomic mass is 10.0. The fourth-order valence-electron chi connectivity index (χ4n) is 3.35. The van der Waals surface area contributed by atoms with Gasteiger partial charge in [-0.05, 0) is 12.8 Å². The second-order valence-electron chi connectivity index (χ2n) is 8.17. The zero-order valence-corrected chi connectivity index (χ0v) is 19.1. The molecule has 0 N–H and O–H groups in total. The van der Waals surface area contributed by atoms with Crippen LogP contribution in [0, 0.1) is 0 Å². The average Bonchev–Trinajstić information content (AvgIpc) is 2.68. The van der Waals surface area contributed by atoms with Gasteiger partial charge in [0.1, 0.15) is 6.54 Å². The molecule has 0 aliphatic rings. The number of nitrogens with zero attached hydrogens (tertiary/aromatic N) is 1. The lowest BCUT2D eigenvalue weighted by Crippen LogP contribution is -2.33. The molecule has 4 heteroatoms. The Morgan fingerprint density at radius 2 is 1.07 bits per heavy atom. The van der Waals surface area contributed by atoms with E-state index in [1.165, 1.54) is 75.5 Å². The van der Waals surface area contributed by atoms with E-state index in [1.807, 2.05) is 0 Å². The molecule has 0 saturated carbocycles. The molecule has 0 unspecified atom stereocenters. The minimum absolute atomic E-state index is 0.0496. The monoisotopic (exact) mass is 397 g/mol. The highest BCUT2D eigenvalue weighted by Crippen LogP contribution is 2.13. The minimum atomic E-state index is -0.294. The first-order valence-corrected chi connectivity index (χ1v) is 12.0. The SMILES string of the molecule is CCCCCCCCCCCCCCCC(=O)N(C)CC(=O)OCCCCC. The number of hydrogen-bond acceptors (Lipinski definition) is 3. The Hall–Kier alpha value is -1.06. The molecule has 0 radical (unpaired) electrons. The van der Waals surface area contributed by atoms with Gasteiger partial charge in [-0.3, -0.25) is 9.59 Å². The molecule has 0 aliphatic heterocycles. The second-order valence-corrected chi connectivity index (χ2v) is 8.17. The van der Waals surface area contributed by atoms with E-state index >= 15 is 0 Å². The van der Waals surface area contributed by atoms with Crippen molar-refractivity contribution in [3.63, 3.8) is 0 Å². The molecule has 0 fully saturated rings. The zero-order valence-electron chi connectivity index (χ0n) is 19.1. The Balaban J connectivity index is 3.43. The van der Waals surface area contributed by atoms with E-state index in [-0.39, 0.29) is 18.4 Å². The highest BCUT2D eigenvalue weighted by atomic mass is 16.5. The van der Waals surface area contributed by atoms with Crippen LogP contribution in [0.15, 0.2) is 0 Å². The van der Waals surface area contributed by atoms with Crippen LogP contribution in [0.5, 0.6) is 0 Å². The van der Waals surface area contributed by atoms with E-state index in [1.54, 1.807) is 7.05 Å². The van der Waals surface area contributed by atoms with Crippen molar-refractivity contribution in [2.75, 3.05) is 20.2 Å². The van der Waals surface area contributed by atoms with Crippen molar-refractivity contribution in [3.8, 4) is 0 Å². The molecule has 0 aromatic carbocycles. The number of unbranched alkanes of at least 4 members (excludes halogenated alkanes) is 14. The molecule has 1 amide bonds. The summed E-state index contributed by atoms with van der Waals surface area (Å²) in [6.07, 6.45) is 20.5. The molecule has 0 aliphatic carbocycles. The van der Waals surface area contributed by atoms with Crippen LogP contribution in [0.1, 0.15) is 123 Å². The van der Waals surface area contributed by atoms with Crippen molar-refractivity contribution in [3.05, 3.63) is 0 Å². The topological polar surface area (TPSA) is 46.6 Å². The van der Waals surface area contributed by atoms with Gasteiger partial charge >= 0.3 is 5.97 Å². The van der Waals surface area contributed by atoms with Gasteiger partial charge in [0, 0.05) is 13.5 Å². The van der Waals surface area contributed by atoms with Crippen LogP contribution in [0.3, 0.4) is 0 Å². The predicted molar refractivity (Wildman–Crippen MR) is 118 cm³/mol. The van der Waals surface area contributed by atoms with Gasteiger partial charge in [-0.25, -0.2) is 0 Å². The van der Waals surface area contributed by atoms with Crippen LogP contribution in [-0.2, 0) is 14.3 Å². The van der Waals surface area contributed by atoms with Crippen molar-refractivity contribution >= 4 is 11.9 Å². The van der Waals surface area contributed by atoms with Gasteiger partial charge in [-0.15, -0.1) is 0 Å². The summed E-state index contributed by atoms with van der Waals surface area (Å²) < 4.78 is 5.15. The lowest BCUT2D eigenvalue weighted by molar-refractivity contribution is -0.148. The maximum absolute atomic E-state index is 12.1. The Kier molecular flexibility index (Phi) is 19.9. The van der Waals surface area contributed by atoms with Crippen LogP contribution >= 0.6 is 0 Å². The number of rotatable bonds is 20. The Morgan fingerprint density at radius 1 is 0.643 bits per heavy atom. The Bertz CT molecular complexity index is 371. The van der Waals surface area contributed by atoms with E-state index in [0.717, 1.165) is 32.1 Å². The molecule has 28 heavy (non-hydrogen) atoms. The first-order chi connectivity index (χ1) is 13.6. The third-order valence-corrected chi connectivity index (χ3v) is 5.30. The highest BCUT2D eigenvalue weighted by molar-refractivity contribution is 5.81. The summed E-state index contributed by atoms with van der Waals surface area (Å²) in [6, 6.07) is 0. The van der Waals surface area contributed by atoms with Crippen LogP contribution in [0.25, 0.3) is 0 Å². The van der Waals surface area contributed by atoms with Gasteiger partial charge in [0.05, 0.1) is 6.61 Å². The lowest BCUT2D eigenvalue weighted by Gasteiger charge is -2.16. The van der Waals surface area contributed by atoms with Gasteiger partial charge < -0.3 is 9.64 Å². The molecule has 0 saturated heterocycles. The Labute approximate surface area is 174 Å². The van der Waals surface area contributed by atoms with Crippen molar-refractivity contribution in [1.82, 2.24) is 4.90 Å². The fourth-order valence-corrected chi connectivity index (χ4v) is 3.35. The van der Waals surface area contributed by atoms with Crippen molar-refractivity contribution < 1.29 is 14.3 Å². The number of amides is 1. The number of carbonyl (C=O) groups is 2. The fraction of sp³-hybridized carbons (Fsp3) is 0.917. The largest absolute Gasteiger partial charge is 0.464 e. The molecule has 0 heterocycles. The van der Waals surface area contributed by atoms with Gasteiger partial charge in [0.2, 0.25) is 5.91 Å². The van der Waals surface area contributed by atoms with Crippen molar-refractivity contribution in [2.45, 2.75) is 123 Å². The van der Waals surface area contributed by atoms with Crippen molar-refractivity contribution in [1.29, 1.82) is 0 Å². The quantitative estimate of drug-likeness (QED) is 0.170. The van der Waals surface area contributed by atoms with Crippen LogP contribution in [-0.4, -0.2) is 37.0 Å². The van der Waals surface area contributed by atoms with Gasteiger partial charge in [0.15, 0.2) is 0 Å². The van der Waals surface area contributed by atoms with E-state index in [4.69, 9.17) is 4.74 Å². The smallest absolute Gasteiger partial charge is 0.325 e. The third-order valence-electron chi connectivity index (χ3n) is 5.30. The maximum Gasteiger partial charge on any atom is 0.325 e. The number of ether oxygens (including phenoxy) is 1. The molecule has 0 atom stereocenters. The van der Waals surface area contributed by atoms with E-state index in [9.17, 15) is 9.59 Å². The molecule has 0 aromatic rings. The van der Waals surface area contributed by atoms with Gasteiger partial charge in [0.25, 0.3) is 0 Å². The average molecular weight is 398 g/mol. The third kappa shape index (κ3) is 18.3. The normalized spacial score (nSPS) is 10.8. The Morgan fingerprint density at radius 3 is 1.57 bits per heavy atom. The number of carbonyl (C=O) groups excluding carboxylic acids is 2. The molecular formula is C24H47NO3. The zero-order chi connectivity index (χ0) is 20.9. The number of likely N-dealkylation sites (N-methyl/N-ethyl adjacent to an activating group) is 1. The van der Waals surface area contributed by atoms with Crippen molar-refractivity contribution in [2.24, 2.45) is 0 Å². The van der Waals surface area contributed by atoms with E-state index < -0.39 is 0 Å². The van der Waals surface area contributed by atoms with Gasteiger partial charge in [-0.1, -0.05) is 104 Å². The summed E-state index contributed by atoms with van der Waals surface area (Å²) >= 11 is 0. The molecule has 0 aromatic heterocycles. The second kappa shape index (κ2) is 20.7.